The van der Waals surface area contributed by atoms with E-state index in [0.717, 1.165) is 5.56 Å². The first-order valence-corrected chi connectivity index (χ1v) is 7.41. The minimum Gasteiger partial charge on any atom is -0.397 e. The number of carbonyl (C=O) groups is 1. The molecule has 1 unspecified atom stereocenters. The zero-order valence-electron chi connectivity index (χ0n) is 13.3. The van der Waals surface area contributed by atoms with Crippen molar-refractivity contribution < 1.29 is 4.79 Å². The quantitative estimate of drug-likeness (QED) is 0.911. The van der Waals surface area contributed by atoms with Crippen LogP contribution in [0.1, 0.15) is 38.1 Å². The molecule has 1 aromatic carbocycles. The summed E-state index contributed by atoms with van der Waals surface area (Å²) in [5, 5.41) is 3.13. The standard InChI is InChI=1S/C18H23N3O/c1-18(2,3)17(13-7-5-4-6-8-13)21-16(22)11-15-10-9-14(19)12-20-15/h4-10,12,17H,11,19H2,1-3H3,(H,21,22). The molecule has 1 amide bonds. The minimum absolute atomic E-state index is 0.0407. The lowest BCUT2D eigenvalue weighted by atomic mass is 9.82. The third-order valence-electron chi connectivity index (χ3n) is 3.49. The van der Waals surface area contributed by atoms with Gasteiger partial charge in [0.25, 0.3) is 0 Å². The van der Waals surface area contributed by atoms with E-state index in [9.17, 15) is 4.79 Å². The Morgan fingerprint density at radius 2 is 1.86 bits per heavy atom. The smallest absolute Gasteiger partial charge is 0.226 e. The number of hydrogen-bond acceptors (Lipinski definition) is 3. The van der Waals surface area contributed by atoms with Crippen LogP contribution in [0.25, 0.3) is 0 Å². The highest BCUT2D eigenvalue weighted by Gasteiger charge is 2.27. The highest BCUT2D eigenvalue weighted by molar-refractivity contribution is 5.78. The van der Waals surface area contributed by atoms with Gasteiger partial charge >= 0.3 is 0 Å². The first kappa shape index (κ1) is 16.0. The monoisotopic (exact) mass is 297 g/mol. The average molecular weight is 297 g/mol. The normalized spacial score (nSPS) is 12.7. The van der Waals surface area contributed by atoms with E-state index >= 15 is 0 Å². The number of rotatable bonds is 4. The summed E-state index contributed by atoms with van der Waals surface area (Å²) >= 11 is 0. The average Bonchev–Trinajstić information content (AvgIpc) is 2.47. The van der Waals surface area contributed by atoms with E-state index in [0.29, 0.717) is 11.4 Å². The molecule has 1 heterocycles. The molecule has 116 valence electrons. The fraction of sp³-hybridized carbons (Fsp3) is 0.333. The van der Waals surface area contributed by atoms with Gasteiger partial charge in [-0.25, -0.2) is 0 Å². The molecule has 2 rings (SSSR count). The third-order valence-corrected chi connectivity index (χ3v) is 3.49. The predicted molar refractivity (Wildman–Crippen MR) is 89.1 cm³/mol. The number of pyridine rings is 1. The van der Waals surface area contributed by atoms with Crippen LogP contribution in [0.3, 0.4) is 0 Å². The maximum absolute atomic E-state index is 12.3. The van der Waals surface area contributed by atoms with Gasteiger partial charge in [0.05, 0.1) is 24.3 Å². The number of hydrogen-bond donors (Lipinski definition) is 2. The van der Waals surface area contributed by atoms with Crippen LogP contribution in [-0.4, -0.2) is 10.9 Å². The van der Waals surface area contributed by atoms with Gasteiger partial charge in [-0.3, -0.25) is 9.78 Å². The van der Waals surface area contributed by atoms with E-state index in [2.05, 4.69) is 31.1 Å². The van der Waals surface area contributed by atoms with Crippen LogP contribution in [0.15, 0.2) is 48.7 Å². The molecular weight excluding hydrogens is 274 g/mol. The van der Waals surface area contributed by atoms with Crippen molar-refractivity contribution in [3.63, 3.8) is 0 Å². The number of nitrogens with zero attached hydrogens (tertiary/aromatic N) is 1. The Morgan fingerprint density at radius 3 is 2.41 bits per heavy atom. The largest absolute Gasteiger partial charge is 0.397 e. The molecule has 1 atom stereocenters. The van der Waals surface area contributed by atoms with Gasteiger partial charge in [0, 0.05) is 5.69 Å². The van der Waals surface area contributed by atoms with E-state index in [1.807, 2.05) is 30.3 Å². The number of nitrogens with two attached hydrogens (primary N) is 1. The zero-order chi connectivity index (χ0) is 16.2. The second-order valence-corrected chi connectivity index (χ2v) is 6.54. The van der Waals surface area contributed by atoms with Gasteiger partial charge in [0.1, 0.15) is 0 Å². The van der Waals surface area contributed by atoms with Gasteiger partial charge in [-0.15, -0.1) is 0 Å². The summed E-state index contributed by atoms with van der Waals surface area (Å²) in [5.41, 5.74) is 7.95. The SMILES string of the molecule is CC(C)(C)C(NC(=O)Cc1ccc(N)cn1)c1ccccc1. The fourth-order valence-electron chi connectivity index (χ4n) is 2.36. The maximum atomic E-state index is 12.3. The topological polar surface area (TPSA) is 68.0 Å². The van der Waals surface area contributed by atoms with E-state index < -0.39 is 0 Å². The molecule has 0 aliphatic rings. The summed E-state index contributed by atoms with van der Waals surface area (Å²) in [6.45, 7) is 6.35. The molecule has 4 nitrogen and oxygen atoms in total. The fourth-order valence-corrected chi connectivity index (χ4v) is 2.36. The zero-order valence-corrected chi connectivity index (χ0v) is 13.3. The van der Waals surface area contributed by atoms with Crippen molar-refractivity contribution >= 4 is 11.6 Å². The number of carbonyl (C=O) groups excluding carboxylic acids is 1. The van der Waals surface area contributed by atoms with Crippen molar-refractivity contribution in [2.75, 3.05) is 5.73 Å². The molecule has 0 fully saturated rings. The molecule has 0 aliphatic carbocycles. The van der Waals surface area contributed by atoms with Gasteiger partial charge in [-0.2, -0.15) is 0 Å². The van der Waals surface area contributed by atoms with Gasteiger partial charge in [0.15, 0.2) is 0 Å². The molecule has 0 bridgehead atoms. The van der Waals surface area contributed by atoms with Crippen LogP contribution >= 0.6 is 0 Å². The molecule has 4 heteroatoms. The van der Waals surface area contributed by atoms with Crippen molar-refractivity contribution in [1.29, 1.82) is 0 Å². The van der Waals surface area contributed by atoms with Crippen LogP contribution in [0.4, 0.5) is 5.69 Å². The molecule has 0 aliphatic heterocycles. The van der Waals surface area contributed by atoms with Crippen LogP contribution < -0.4 is 11.1 Å². The minimum atomic E-state index is -0.0778. The Morgan fingerprint density at radius 1 is 1.18 bits per heavy atom. The lowest BCUT2D eigenvalue weighted by Crippen LogP contribution is -2.37. The number of aromatic nitrogens is 1. The molecule has 3 N–H and O–H groups in total. The first-order chi connectivity index (χ1) is 10.4. The second-order valence-electron chi connectivity index (χ2n) is 6.54. The van der Waals surface area contributed by atoms with Crippen molar-refractivity contribution in [2.45, 2.75) is 33.2 Å². The van der Waals surface area contributed by atoms with E-state index in [-0.39, 0.29) is 23.8 Å². The van der Waals surface area contributed by atoms with Gasteiger partial charge in [-0.05, 0) is 23.1 Å². The van der Waals surface area contributed by atoms with Crippen molar-refractivity contribution in [3.05, 3.63) is 59.9 Å². The molecule has 2 aromatic rings. The molecule has 0 spiro atoms. The molecule has 0 radical (unpaired) electrons. The lowest BCUT2D eigenvalue weighted by Gasteiger charge is -2.32. The summed E-state index contributed by atoms with van der Waals surface area (Å²) < 4.78 is 0. The summed E-state index contributed by atoms with van der Waals surface area (Å²) in [7, 11) is 0. The van der Waals surface area contributed by atoms with E-state index in [4.69, 9.17) is 5.73 Å². The Balaban J connectivity index is 2.10. The summed E-state index contributed by atoms with van der Waals surface area (Å²) in [6, 6.07) is 13.5. The number of nitrogens with one attached hydrogen (secondary N) is 1. The van der Waals surface area contributed by atoms with Crippen LogP contribution in [0.5, 0.6) is 0 Å². The Kier molecular flexibility index (Phi) is 4.81. The number of amides is 1. The first-order valence-electron chi connectivity index (χ1n) is 7.41. The Labute approximate surface area is 131 Å². The van der Waals surface area contributed by atoms with Crippen molar-refractivity contribution in [3.8, 4) is 0 Å². The van der Waals surface area contributed by atoms with Gasteiger partial charge < -0.3 is 11.1 Å². The third kappa shape index (κ3) is 4.32. The maximum Gasteiger partial charge on any atom is 0.226 e. The molecule has 0 saturated heterocycles. The molecule has 0 saturated carbocycles. The summed E-state index contributed by atoms with van der Waals surface area (Å²) in [5.74, 6) is -0.0407. The number of benzene rings is 1. The van der Waals surface area contributed by atoms with Crippen LogP contribution in [0.2, 0.25) is 0 Å². The summed E-state index contributed by atoms with van der Waals surface area (Å²) in [6.07, 6.45) is 1.82. The Bertz CT molecular complexity index is 615. The highest BCUT2D eigenvalue weighted by Crippen LogP contribution is 2.32. The van der Waals surface area contributed by atoms with Crippen molar-refractivity contribution in [2.24, 2.45) is 5.41 Å². The van der Waals surface area contributed by atoms with Crippen molar-refractivity contribution in [1.82, 2.24) is 10.3 Å². The predicted octanol–water partition coefficient (Wildman–Crippen LogP) is 3.11. The van der Waals surface area contributed by atoms with E-state index in [1.54, 1.807) is 18.3 Å². The highest BCUT2D eigenvalue weighted by atomic mass is 16.1. The van der Waals surface area contributed by atoms with Gasteiger partial charge in [-0.1, -0.05) is 51.1 Å². The lowest BCUT2D eigenvalue weighted by molar-refractivity contribution is -0.122. The summed E-state index contributed by atoms with van der Waals surface area (Å²) in [4.78, 5) is 16.5. The van der Waals surface area contributed by atoms with Crippen LogP contribution in [0, 0.1) is 5.41 Å². The molecular formula is C18H23N3O. The second kappa shape index (κ2) is 6.60. The van der Waals surface area contributed by atoms with Gasteiger partial charge in [0.2, 0.25) is 5.91 Å². The molecule has 22 heavy (non-hydrogen) atoms. The van der Waals surface area contributed by atoms with Crippen LogP contribution in [-0.2, 0) is 11.2 Å². The number of nitrogen functional groups attached to an aromatic ring is 1. The Hall–Kier alpha value is -2.36. The number of anilines is 1. The molecule has 1 aromatic heterocycles. The van der Waals surface area contributed by atoms with E-state index in [1.165, 1.54) is 0 Å².